The van der Waals surface area contributed by atoms with Gasteiger partial charge in [-0.15, -0.1) is 0 Å². The van der Waals surface area contributed by atoms with Gasteiger partial charge in [0, 0.05) is 5.56 Å². The van der Waals surface area contributed by atoms with Gasteiger partial charge in [0.1, 0.15) is 5.82 Å². The number of nitro benzene ring substituents is 1. The third kappa shape index (κ3) is 1.73. The zero-order valence-electron chi connectivity index (χ0n) is 6.40. The summed E-state index contributed by atoms with van der Waals surface area (Å²) in [5.41, 5.74) is -0.948. The number of phenols is 1. The predicted molar refractivity (Wildman–Crippen MR) is 40.6 cm³/mol. The average molecular weight is 187 g/mol. The molecule has 0 saturated carbocycles. The van der Waals surface area contributed by atoms with Gasteiger partial charge in [-0.05, 0) is 6.07 Å². The minimum atomic E-state index is -0.919. The van der Waals surface area contributed by atoms with E-state index >= 15 is 0 Å². The van der Waals surface area contributed by atoms with E-state index in [1.54, 1.807) is 0 Å². The molecule has 0 fully saturated rings. The van der Waals surface area contributed by atoms with Crippen LogP contribution in [0, 0.1) is 15.9 Å². The molecule has 2 N–H and O–H groups in total. The first-order valence-electron chi connectivity index (χ1n) is 3.33. The third-order valence-electron chi connectivity index (χ3n) is 1.50. The van der Waals surface area contributed by atoms with Crippen molar-refractivity contribution in [1.82, 2.24) is 0 Å². The van der Waals surface area contributed by atoms with Gasteiger partial charge < -0.3 is 10.2 Å². The Balaban J connectivity index is 3.35. The standard InChI is InChI=1S/C7H6FNO4/c8-5-1-4(3-10)7(11)6(2-5)9(12)13/h1-2,10-11H,3H2. The Hall–Kier alpha value is -1.69. The molecule has 0 spiro atoms. The lowest BCUT2D eigenvalue weighted by atomic mass is 10.2. The van der Waals surface area contributed by atoms with Gasteiger partial charge in [0.25, 0.3) is 0 Å². The molecular formula is C7H6FNO4. The average Bonchev–Trinajstić information content (AvgIpc) is 2.08. The predicted octanol–water partition coefficient (Wildman–Crippen LogP) is 0.932. The highest BCUT2D eigenvalue weighted by molar-refractivity contribution is 5.50. The summed E-state index contributed by atoms with van der Waals surface area (Å²) in [5, 5.41) is 28.0. The summed E-state index contributed by atoms with van der Waals surface area (Å²) in [6.07, 6.45) is 0. The van der Waals surface area contributed by atoms with Crippen LogP contribution in [0.15, 0.2) is 12.1 Å². The van der Waals surface area contributed by atoms with E-state index < -0.39 is 28.8 Å². The van der Waals surface area contributed by atoms with Gasteiger partial charge >= 0.3 is 5.69 Å². The lowest BCUT2D eigenvalue weighted by molar-refractivity contribution is -0.386. The van der Waals surface area contributed by atoms with E-state index in [9.17, 15) is 14.5 Å². The molecule has 70 valence electrons. The zero-order chi connectivity index (χ0) is 10.0. The number of hydrogen-bond acceptors (Lipinski definition) is 4. The summed E-state index contributed by atoms with van der Waals surface area (Å²) in [4.78, 5) is 9.32. The number of halogens is 1. The fraction of sp³-hybridized carbons (Fsp3) is 0.143. The number of nitro groups is 1. The molecule has 0 aliphatic carbocycles. The van der Waals surface area contributed by atoms with Gasteiger partial charge in [-0.2, -0.15) is 0 Å². The van der Waals surface area contributed by atoms with E-state index in [1.165, 1.54) is 0 Å². The van der Waals surface area contributed by atoms with Crippen molar-refractivity contribution in [3.8, 4) is 5.75 Å². The number of hydrogen-bond donors (Lipinski definition) is 2. The second kappa shape index (κ2) is 3.36. The van der Waals surface area contributed by atoms with Crippen molar-refractivity contribution < 1.29 is 19.5 Å². The number of benzene rings is 1. The molecule has 0 aliphatic heterocycles. The summed E-state index contributed by atoms with van der Waals surface area (Å²) in [5.74, 6) is -1.57. The molecule has 1 aromatic rings. The molecule has 0 aliphatic rings. The molecule has 5 nitrogen and oxygen atoms in total. The first kappa shape index (κ1) is 9.40. The van der Waals surface area contributed by atoms with Crippen molar-refractivity contribution in [2.75, 3.05) is 0 Å². The first-order chi connectivity index (χ1) is 6.06. The second-order valence-corrected chi connectivity index (χ2v) is 2.35. The van der Waals surface area contributed by atoms with Crippen LogP contribution < -0.4 is 0 Å². The van der Waals surface area contributed by atoms with Crippen LogP contribution in [0.5, 0.6) is 5.75 Å². The number of aliphatic hydroxyl groups excluding tert-OH is 1. The lowest BCUT2D eigenvalue weighted by Crippen LogP contribution is -1.94. The molecule has 0 saturated heterocycles. The highest BCUT2D eigenvalue weighted by Crippen LogP contribution is 2.30. The molecule has 0 bridgehead atoms. The van der Waals surface area contributed by atoms with Crippen molar-refractivity contribution in [3.05, 3.63) is 33.6 Å². The summed E-state index contributed by atoms with van der Waals surface area (Å²) in [7, 11) is 0. The Morgan fingerprint density at radius 3 is 2.62 bits per heavy atom. The minimum Gasteiger partial charge on any atom is -0.502 e. The quantitative estimate of drug-likeness (QED) is 0.532. The van der Waals surface area contributed by atoms with Crippen LogP contribution >= 0.6 is 0 Å². The highest BCUT2D eigenvalue weighted by Gasteiger charge is 2.18. The molecule has 0 amide bonds. The van der Waals surface area contributed by atoms with Crippen LogP contribution in [0.1, 0.15) is 5.56 Å². The number of aliphatic hydroxyl groups is 1. The Kier molecular flexibility index (Phi) is 2.43. The van der Waals surface area contributed by atoms with E-state index in [0.717, 1.165) is 6.07 Å². The Labute approximate surface area is 72.2 Å². The summed E-state index contributed by atoms with van der Waals surface area (Å²) in [6, 6.07) is 1.43. The SMILES string of the molecule is O=[N+]([O-])c1cc(F)cc(CO)c1O. The van der Waals surface area contributed by atoms with Crippen LogP contribution in [0.25, 0.3) is 0 Å². The van der Waals surface area contributed by atoms with Crippen molar-refractivity contribution >= 4 is 5.69 Å². The van der Waals surface area contributed by atoms with Crippen LogP contribution in [-0.4, -0.2) is 15.1 Å². The molecule has 0 aromatic heterocycles. The van der Waals surface area contributed by atoms with E-state index in [1.807, 2.05) is 0 Å². The van der Waals surface area contributed by atoms with Crippen LogP contribution in [0.3, 0.4) is 0 Å². The van der Waals surface area contributed by atoms with E-state index in [0.29, 0.717) is 6.07 Å². The zero-order valence-corrected chi connectivity index (χ0v) is 6.40. The van der Waals surface area contributed by atoms with Crippen LogP contribution in [0.4, 0.5) is 10.1 Å². The number of aromatic hydroxyl groups is 1. The molecule has 1 rings (SSSR count). The smallest absolute Gasteiger partial charge is 0.314 e. The fourth-order valence-corrected chi connectivity index (χ4v) is 0.900. The van der Waals surface area contributed by atoms with Crippen molar-refractivity contribution in [3.63, 3.8) is 0 Å². The maximum absolute atomic E-state index is 12.6. The summed E-state index contributed by atoms with van der Waals surface area (Å²) in [6.45, 7) is -0.648. The molecule has 0 unspecified atom stereocenters. The topological polar surface area (TPSA) is 83.6 Å². The van der Waals surface area contributed by atoms with Gasteiger partial charge in [0.15, 0.2) is 5.75 Å². The van der Waals surface area contributed by atoms with Crippen LogP contribution in [0.2, 0.25) is 0 Å². The largest absolute Gasteiger partial charge is 0.502 e. The number of rotatable bonds is 2. The summed E-state index contributed by atoms with van der Waals surface area (Å²) >= 11 is 0. The van der Waals surface area contributed by atoms with Gasteiger partial charge in [0.2, 0.25) is 0 Å². The molecular weight excluding hydrogens is 181 g/mol. The monoisotopic (exact) mass is 187 g/mol. The van der Waals surface area contributed by atoms with Crippen molar-refractivity contribution in [1.29, 1.82) is 0 Å². The molecule has 13 heavy (non-hydrogen) atoms. The molecule has 0 atom stereocenters. The second-order valence-electron chi connectivity index (χ2n) is 2.35. The highest BCUT2D eigenvalue weighted by atomic mass is 19.1. The minimum absolute atomic E-state index is 0.202. The van der Waals surface area contributed by atoms with Crippen LogP contribution in [-0.2, 0) is 6.61 Å². The molecule has 0 heterocycles. The Morgan fingerprint density at radius 2 is 2.15 bits per heavy atom. The maximum atomic E-state index is 12.6. The Morgan fingerprint density at radius 1 is 1.54 bits per heavy atom. The van der Waals surface area contributed by atoms with Crippen molar-refractivity contribution in [2.45, 2.75) is 6.61 Å². The molecule has 1 aromatic carbocycles. The molecule has 6 heteroatoms. The van der Waals surface area contributed by atoms with Gasteiger partial charge in [0.05, 0.1) is 17.6 Å². The normalized spacial score (nSPS) is 10.0. The number of nitrogens with zero attached hydrogens (tertiary/aromatic N) is 1. The Bertz CT molecular complexity index is 353. The third-order valence-corrected chi connectivity index (χ3v) is 1.50. The first-order valence-corrected chi connectivity index (χ1v) is 3.33. The maximum Gasteiger partial charge on any atom is 0.314 e. The lowest BCUT2D eigenvalue weighted by Gasteiger charge is -2.01. The molecule has 0 radical (unpaired) electrons. The van der Waals surface area contributed by atoms with E-state index in [-0.39, 0.29) is 5.56 Å². The van der Waals surface area contributed by atoms with E-state index in [2.05, 4.69) is 0 Å². The summed E-state index contributed by atoms with van der Waals surface area (Å²) < 4.78 is 12.6. The van der Waals surface area contributed by atoms with Gasteiger partial charge in [-0.25, -0.2) is 4.39 Å². The van der Waals surface area contributed by atoms with Gasteiger partial charge in [-0.3, -0.25) is 10.1 Å². The fourth-order valence-electron chi connectivity index (χ4n) is 0.900. The van der Waals surface area contributed by atoms with Gasteiger partial charge in [-0.1, -0.05) is 0 Å². The van der Waals surface area contributed by atoms with E-state index in [4.69, 9.17) is 10.2 Å². The van der Waals surface area contributed by atoms with Crippen molar-refractivity contribution in [2.24, 2.45) is 0 Å².